The van der Waals surface area contributed by atoms with Crippen LogP contribution in [-0.2, 0) is 6.54 Å². The van der Waals surface area contributed by atoms with Crippen molar-refractivity contribution < 1.29 is 4.42 Å². The van der Waals surface area contributed by atoms with Gasteiger partial charge in [0.2, 0.25) is 0 Å². The number of aromatic nitrogens is 1. The molecule has 1 unspecified atom stereocenters. The number of aliphatic imine (C=N–C) groups is 1. The molecule has 0 aliphatic carbocycles. The van der Waals surface area contributed by atoms with Crippen LogP contribution in [0.25, 0.3) is 0 Å². The third kappa shape index (κ3) is 5.97. The maximum absolute atomic E-state index is 11.9. The zero-order chi connectivity index (χ0) is 20.5. The highest BCUT2D eigenvalue weighted by molar-refractivity contribution is 5.79. The molecule has 7 nitrogen and oxygen atoms in total. The number of pyridine rings is 1. The molecular formula is C22H33N5O2. The van der Waals surface area contributed by atoms with Gasteiger partial charge in [0.05, 0.1) is 12.3 Å². The Morgan fingerprint density at radius 3 is 2.69 bits per heavy atom. The largest absolute Gasteiger partial charge is 0.468 e. The first-order valence-corrected chi connectivity index (χ1v) is 10.6. The van der Waals surface area contributed by atoms with E-state index in [0.717, 1.165) is 63.0 Å². The number of likely N-dealkylation sites (tertiary alicyclic amines) is 1. The molecule has 1 atom stereocenters. The van der Waals surface area contributed by atoms with E-state index >= 15 is 0 Å². The van der Waals surface area contributed by atoms with Gasteiger partial charge in [0.1, 0.15) is 5.76 Å². The summed E-state index contributed by atoms with van der Waals surface area (Å²) in [4.78, 5) is 18.7. The van der Waals surface area contributed by atoms with Crippen molar-refractivity contribution in [3.63, 3.8) is 0 Å². The summed E-state index contributed by atoms with van der Waals surface area (Å²) in [5.41, 5.74) is 1.08. The molecule has 2 aromatic heterocycles. The van der Waals surface area contributed by atoms with E-state index in [2.05, 4.69) is 20.5 Å². The summed E-state index contributed by atoms with van der Waals surface area (Å²) in [6, 6.07) is 9.62. The van der Waals surface area contributed by atoms with Crippen molar-refractivity contribution in [2.45, 2.75) is 45.2 Å². The Balaban J connectivity index is 1.42. The number of aryl methyl sites for hydroxylation is 1. The number of unbranched alkanes of at least 4 members (excludes halogenated alkanes) is 1. The highest BCUT2D eigenvalue weighted by Crippen LogP contribution is 2.24. The number of nitrogens with one attached hydrogen (secondary N) is 2. The van der Waals surface area contributed by atoms with E-state index in [4.69, 9.17) is 4.42 Å². The van der Waals surface area contributed by atoms with Crippen LogP contribution in [0.3, 0.4) is 0 Å². The Kier molecular flexibility index (Phi) is 7.93. The molecule has 1 saturated heterocycles. The maximum atomic E-state index is 11.9. The first kappa shape index (κ1) is 21.2. The van der Waals surface area contributed by atoms with Crippen LogP contribution in [0.15, 0.2) is 50.8 Å². The van der Waals surface area contributed by atoms with Gasteiger partial charge < -0.3 is 19.6 Å². The van der Waals surface area contributed by atoms with Crippen molar-refractivity contribution in [2.75, 3.05) is 33.2 Å². The molecule has 0 amide bonds. The van der Waals surface area contributed by atoms with E-state index < -0.39 is 0 Å². The quantitative estimate of drug-likeness (QED) is 0.385. The van der Waals surface area contributed by atoms with Gasteiger partial charge in [-0.2, -0.15) is 0 Å². The summed E-state index contributed by atoms with van der Waals surface area (Å²) in [6.07, 6.45) is 6.14. The van der Waals surface area contributed by atoms with E-state index in [9.17, 15) is 4.79 Å². The molecule has 7 heteroatoms. The Labute approximate surface area is 172 Å². The second-order valence-corrected chi connectivity index (χ2v) is 7.52. The monoisotopic (exact) mass is 399 g/mol. The standard InChI is InChI=1S/C22H33N5O2/c1-18-9-7-11-21(28)27(18)15-4-3-12-24-22(23-2)25-17-19(20-10-8-16-29-20)26-13-5-6-14-26/h7-11,16,19H,3-6,12-15,17H2,1-2H3,(H2,23,24,25). The fraction of sp³-hybridized carbons (Fsp3) is 0.545. The van der Waals surface area contributed by atoms with E-state index in [0.29, 0.717) is 0 Å². The van der Waals surface area contributed by atoms with E-state index in [1.165, 1.54) is 12.8 Å². The smallest absolute Gasteiger partial charge is 0.250 e. The fourth-order valence-electron chi connectivity index (χ4n) is 3.87. The van der Waals surface area contributed by atoms with Crippen LogP contribution in [0.1, 0.15) is 43.2 Å². The van der Waals surface area contributed by atoms with E-state index in [1.807, 2.05) is 35.8 Å². The van der Waals surface area contributed by atoms with Crippen LogP contribution in [0, 0.1) is 6.92 Å². The molecular weight excluding hydrogens is 366 g/mol. The molecule has 0 aromatic carbocycles. The van der Waals surface area contributed by atoms with Crippen LogP contribution < -0.4 is 16.2 Å². The van der Waals surface area contributed by atoms with Crippen molar-refractivity contribution >= 4 is 5.96 Å². The summed E-state index contributed by atoms with van der Waals surface area (Å²) < 4.78 is 7.51. The zero-order valence-electron chi connectivity index (χ0n) is 17.6. The van der Waals surface area contributed by atoms with Gasteiger partial charge in [-0.15, -0.1) is 0 Å². The second-order valence-electron chi connectivity index (χ2n) is 7.52. The molecule has 2 N–H and O–H groups in total. The summed E-state index contributed by atoms with van der Waals surface area (Å²) in [5.74, 6) is 1.80. The molecule has 158 valence electrons. The highest BCUT2D eigenvalue weighted by Gasteiger charge is 2.25. The van der Waals surface area contributed by atoms with Crippen LogP contribution in [0.4, 0.5) is 0 Å². The molecule has 3 rings (SSSR count). The molecule has 0 radical (unpaired) electrons. The fourth-order valence-corrected chi connectivity index (χ4v) is 3.87. The lowest BCUT2D eigenvalue weighted by molar-refractivity contribution is 0.215. The first-order chi connectivity index (χ1) is 14.2. The zero-order valence-corrected chi connectivity index (χ0v) is 17.6. The summed E-state index contributed by atoms with van der Waals surface area (Å²) in [7, 11) is 1.79. The predicted octanol–water partition coefficient (Wildman–Crippen LogP) is 2.53. The second kappa shape index (κ2) is 10.9. The Hall–Kier alpha value is -2.54. The van der Waals surface area contributed by atoms with Crippen molar-refractivity contribution in [2.24, 2.45) is 4.99 Å². The SMILES string of the molecule is CN=C(NCCCCn1c(C)cccc1=O)NCC(c1ccco1)N1CCCC1. The topological polar surface area (TPSA) is 74.8 Å². The lowest BCUT2D eigenvalue weighted by Crippen LogP contribution is -2.42. The van der Waals surface area contributed by atoms with Crippen LogP contribution >= 0.6 is 0 Å². The maximum Gasteiger partial charge on any atom is 0.250 e. The van der Waals surface area contributed by atoms with Gasteiger partial charge in [0.25, 0.3) is 5.56 Å². The minimum atomic E-state index is 0.0707. The molecule has 0 saturated carbocycles. The molecule has 2 aromatic rings. The number of furan rings is 1. The molecule has 0 spiro atoms. The predicted molar refractivity (Wildman–Crippen MR) is 116 cm³/mol. The number of hydrogen-bond donors (Lipinski definition) is 2. The molecule has 29 heavy (non-hydrogen) atoms. The normalized spacial score (nSPS) is 16.1. The Bertz CT molecular complexity index is 822. The first-order valence-electron chi connectivity index (χ1n) is 10.6. The number of guanidine groups is 1. The summed E-state index contributed by atoms with van der Waals surface area (Å²) in [5, 5.41) is 6.82. The third-order valence-corrected chi connectivity index (χ3v) is 5.51. The average Bonchev–Trinajstić information content (AvgIpc) is 3.43. The number of rotatable bonds is 9. The van der Waals surface area contributed by atoms with Crippen molar-refractivity contribution in [3.8, 4) is 0 Å². The van der Waals surface area contributed by atoms with Crippen LogP contribution in [0.5, 0.6) is 0 Å². The molecule has 1 aliphatic heterocycles. The summed E-state index contributed by atoms with van der Waals surface area (Å²) in [6.45, 7) is 6.51. The van der Waals surface area contributed by atoms with E-state index in [1.54, 1.807) is 19.4 Å². The third-order valence-electron chi connectivity index (χ3n) is 5.51. The lowest BCUT2D eigenvalue weighted by Gasteiger charge is -2.26. The highest BCUT2D eigenvalue weighted by atomic mass is 16.3. The van der Waals surface area contributed by atoms with Crippen LogP contribution in [0.2, 0.25) is 0 Å². The average molecular weight is 400 g/mol. The molecule has 1 aliphatic rings. The van der Waals surface area contributed by atoms with Gasteiger partial charge in [-0.3, -0.25) is 14.7 Å². The Morgan fingerprint density at radius 2 is 2.00 bits per heavy atom. The van der Waals surface area contributed by atoms with E-state index in [-0.39, 0.29) is 11.6 Å². The van der Waals surface area contributed by atoms with Crippen molar-refractivity contribution in [3.05, 3.63) is 58.4 Å². The number of nitrogens with zero attached hydrogens (tertiary/aromatic N) is 3. The molecule has 3 heterocycles. The van der Waals surface area contributed by atoms with Crippen LogP contribution in [-0.4, -0.2) is 48.7 Å². The minimum absolute atomic E-state index is 0.0707. The van der Waals surface area contributed by atoms with Gasteiger partial charge in [-0.25, -0.2) is 0 Å². The van der Waals surface area contributed by atoms with Gasteiger partial charge in [0.15, 0.2) is 5.96 Å². The lowest BCUT2D eigenvalue weighted by atomic mass is 10.2. The van der Waals surface area contributed by atoms with Gasteiger partial charge in [-0.1, -0.05) is 6.07 Å². The Morgan fingerprint density at radius 1 is 1.17 bits per heavy atom. The number of hydrogen-bond acceptors (Lipinski definition) is 4. The van der Waals surface area contributed by atoms with Crippen molar-refractivity contribution in [1.82, 2.24) is 20.1 Å². The van der Waals surface area contributed by atoms with Crippen molar-refractivity contribution in [1.29, 1.82) is 0 Å². The van der Waals surface area contributed by atoms with Gasteiger partial charge in [-0.05, 0) is 63.9 Å². The molecule has 0 bridgehead atoms. The minimum Gasteiger partial charge on any atom is -0.468 e. The van der Waals surface area contributed by atoms with Gasteiger partial charge in [0, 0.05) is 38.4 Å². The van der Waals surface area contributed by atoms with Gasteiger partial charge >= 0.3 is 0 Å². The summed E-state index contributed by atoms with van der Waals surface area (Å²) >= 11 is 0. The molecule has 1 fully saturated rings.